The number of aryl methyl sites for hydroxylation is 1. The lowest BCUT2D eigenvalue weighted by Gasteiger charge is -2.01. The summed E-state index contributed by atoms with van der Waals surface area (Å²) in [7, 11) is 0. The van der Waals surface area contributed by atoms with Gasteiger partial charge < -0.3 is 5.73 Å². The van der Waals surface area contributed by atoms with Crippen LogP contribution in [0.1, 0.15) is 24.6 Å². The van der Waals surface area contributed by atoms with E-state index in [1.807, 2.05) is 29.5 Å². The van der Waals surface area contributed by atoms with Crippen molar-refractivity contribution in [2.45, 2.75) is 26.2 Å². The first-order chi connectivity index (χ1) is 8.20. The molecular weight excluding hydrogens is 250 g/mol. The first kappa shape index (κ1) is 12.5. The zero-order valence-electron chi connectivity index (χ0n) is 9.87. The maximum Gasteiger partial charge on any atom is 0.0641 e. The number of nitrogen functional groups attached to an aromatic ring is 1. The summed E-state index contributed by atoms with van der Waals surface area (Å²) in [4.78, 5) is 2.70. The highest BCUT2D eigenvalue weighted by atomic mass is 35.5. The second kappa shape index (κ2) is 5.56. The molecule has 0 spiro atoms. The molecule has 2 aromatic rings. The molecule has 0 aliphatic carbocycles. The van der Waals surface area contributed by atoms with E-state index in [0.717, 1.165) is 5.56 Å². The van der Waals surface area contributed by atoms with Crippen LogP contribution in [0.25, 0.3) is 10.4 Å². The van der Waals surface area contributed by atoms with Crippen LogP contribution in [0.2, 0.25) is 5.02 Å². The summed E-state index contributed by atoms with van der Waals surface area (Å²) >= 11 is 7.87. The summed E-state index contributed by atoms with van der Waals surface area (Å²) in [6, 6.07) is 10.2. The van der Waals surface area contributed by atoms with Gasteiger partial charge in [-0.2, -0.15) is 0 Å². The predicted octanol–water partition coefficient (Wildman–Crippen LogP) is 4.99. The highest BCUT2D eigenvalue weighted by molar-refractivity contribution is 7.15. The van der Waals surface area contributed by atoms with E-state index in [9.17, 15) is 0 Å². The number of benzene rings is 1. The van der Waals surface area contributed by atoms with Gasteiger partial charge in [-0.25, -0.2) is 0 Å². The molecule has 1 aromatic heterocycles. The van der Waals surface area contributed by atoms with Crippen LogP contribution in [0.5, 0.6) is 0 Å². The summed E-state index contributed by atoms with van der Waals surface area (Å²) in [5.74, 6) is 0. The van der Waals surface area contributed by atoms with Gasteiger partial charge >= 0.3 is 0 Å². The van der Waals surface area contributed by atoms with Crippen LogP contribution in [-0.4, -0.2) is 0 Å². The highest BCUT2D eigenvalue weighted by Crippen LogP contribution is 2.32. The lowest BCUT2D eigenvalue weighted by atomic mass is 10.1. The van der Waals surface area contributed by atoms with Gasteiger partial charge in [-0.1, -0.05) is 31.0 Å². The standard InChI is InChI=1S/C14H16ClNS/c1-2-3-4-11-6-8-14(17-11)10-5-7-13(16)12(15)9-10/h5-9H,2-4,16H2,1H3. The van der Waals surface area contributed by atoms with Crippen LogP contribution in [0.15, 0.2) is 30.3 Å². The number of hydrogen-bond acceptors (Lipinski definition) is 2. The average molecular weight is 266 g/mol. The summed E-state index contributed by atoms with van der Waals surface area (Å²) in [5.41, 5.74) is 7.50. The van der Waals surface area contributed by atoms with E-state index in [1.165, 1.54) is 29.0 Å². The van der Waals surface area contributed by atoms with Crippen molar-refractivity contribution in [2.24, 2.45) is 0 Å². The zero-order chi connectivity index (χ0) is 12.3. The molecule has 0 bridgehead atoms. The third-order valence-electron chi connectivity index (χ3n) is 2.72. The molecule has 0 amide bonds. The summed E-state index contributed by atoms with van der Waals surface area (Å²) in [6.45, 7) is 2.22. The van der Waals surface area contributed by atoms with Crippen molar-refractivity contribution in [1.29, 1.82) is 0 Å². The molecule has 0 aliphatic rings. The Hall–Kier alpha value is -0.990. The molecule has 17 heavy (non-hydrogen) atoms. The second-order valence-electron chi connectivity index (χ2n) is 4.11. The first-order valence-electron chi connectivity index (χ1n) is 5.85. The molecule has 90 valence electrons. The number of thiophene rings is 1. The number of halogens is 1. The Morgan fingerprint density at radius 2 is 2.06 bits per heavy atom. The monoisotopic (exact) mass is 265 g/mol. The topological polar surface area (TPSA) is 26.0 Å². The minimum absolute atomic E-state index is 0.631. The smallest absolute Gasteiger partial charge is 0.0641 e. The van der Waals surface area contributed by atoms with E-state index in [1.54, 1.807) is 0 Å². The number of rotatable bonds is 4. The second-order valence-corrected chi connectivity index (χ2v) is 5.68. The van der Waals surface area contributed by atoms with E-state index < -0.39 is 0 Å². The molecule has 1 heterocycles. The van der Waals surface area contributed by atoms with Gasteiger partial charge in [0.1, 0.15) is 0 Å². The van der Waals surface area contributed by atoms with E-state index in [2.05, 4.69) is 19.1 Å². The average Bonchev–Trinajstić information content (AvgIpc) is 2.79. The fourth-order valence-electron chi connectivity index (χ4n) is 1.70. The van der Waals surface area contributed by atoms with Gasteiger partial charge in [0.15, 0.2) is 0 Å². The van der Waals surface area contributed by atoms with Crippen LogP contribution < -0.4 is 5.73 Å². The zero-order valence-corrected chi connectivity index (χ0v) is 11.4. The Balaban J connectivity index is 2.21. The van der Waals surface area contributed by atoms with Gasteiger partial charge in [0, 0.05) is 9.75 Å². The molecule has 0 saturated heterocycles. The maximum atomic E-state index is 6.03. The van der Waals surface area contributed by atoms with Gasteiger partial charge in [0.25, 0.3) is 0 Å². The Morgan fingerprint density at radius 3 is 2.76 bits per heavy atom. The van der Waals surface area contributed by atoms with Gasteiger partial charge in [0.05, 0.1) is 10.7 Å². The van der Waals surface area contributed by atoms with Crippen molar-refractivity contribution in [3.05, 3.63) is 40.2 Å². The van der Waals surface area contributed by atoms with Crippen LogP contribution in [-0.2, 0) is 6.42 Å². The first-order valence-corrected chi connectivity index (χ1v) is 7.04. The highest BCUT2D eigenvalue weighted by Gasteiger charge is 2.04. The molecule has 2 N–H and O–H groups in total. The normalized spacial score (nSPS) is 10.7. The molecule has 0 radical (unpaired) electrons. The largest absolute Gasteiger partial charge is 0.398 e. The van der Waals surface area contributed by atoms with Crippen molar-refractivity contribution in [2.75, 3.05) is 5.73 Å². The Kier molecular flexibility index (Phi) is 4.08. The molecule has 0 aliphatic heterocycles. The summed E-state index contributed by atoms with van der Waals surface area (Å²) < 4.78 is 0. The number of nitrogens with two attached hydrogens (primary N) is 1. The van der Waals surface area contributed by atoms with Crippen LogP contribution in [0.3, 0.4) is 0 Å². The van der Waals surface area contributed by atoms with E-state index in [0.29, 0.717) is 10.7 Å². The van der Waals surface area contributed by atoms with Gasteiger partial charge in [-0.3, -0.25) is 0 Å². The van der Waals surface area contributed by atoms with Crippen molar-refractivity contribution < 1.29 is 0 Å². The van der Waals surface area contributed by atoms with Crippen molar-refractivity contribution >= 4 is 28.6 Å². The summed E-state index contributed by atoms with van der Waals surface area (Å²) in [6.07, 6.45) is 3.66. The fourth-order valence-corrected chi connectivity index (χ4v) is 2.93. The number of unbranched alkanes of at least 4 members (excludes halogenated alkanes) is 1. The fraction of sp³-hybridized carbons (Fsp3) is 0.286. The van der Waals surface area contributed by atoms with Crippen molar-refractivity contribution in [1.82, 2.24) is 0 Å². The molecule has 2 rings (SSSR count). The molecule has 0 atom stereocenters. The minimum atomic E-state index is 0.631. The van der Waals surface area contributed by atoms with Crippen LogP contribution in [0, 0.1) is 0 Å². The van der Waals surface area contributed by atoms with Crippen molar-refractivity contribution in [3.63, 3.8) is 0 Å². The van der Waals surface area contributed by atoms with E-state index in [4.69, 9.17) is 17.3 Å². The van der Waals surface area contributed by atoms with E-state index in [-0.39, 0.29) is 0 Å². The quantitative estimate of drug-likeness (QED) is 0.774. The van der Waals surface area contributed by atoms with Crippen LogP contribution >= 0.6 is 22.9 Å². The van der Waals surface area contributed by atoms with Crippen LogP contribution in [0.4, 0.5) is 5.69 Å². The van der Waals surface area contributed by atoms with E-state index >= 15 is 0 Å². The summed E-state index contributed by atoms with van der Waals surface area (Å²) in [5, 5.41) is 0.631. The maximum absolute atomic E-state index is 6.03. The van der Waals surface area contributed by atoms with Crippen molar-refractivity contribution in [3.8, 4) is 10.4 Å². The molecule has 0 saturated carbocycles. The molecular formula is C14H16ClNS. The lowest BCUT2D eigenvalue weighted by molar-refractivity contribution is 0.804. The SMILES string of the molecule is CCCCc1ccc(-c2ccc(N)c(Cl)c2)s1. The molecule has 3 heteroatoms. The Bertz CT molecular complexity index is 505. The third kappa shape index (κ3) is 3.02. The third-order valence-corrected chi connectivity index (χ3v) is 4.24. The molecule has 0 unspecified atom stereocenters. The van der Waals surface area contributed by atoms with Gasteiger partial charge in [-0.15, -0.1) is 11.3 Å². The number of anilines is 1. The lowest BCUT2D eigenvalue weighted by Crippen LogP contribution is -1.85. The molecule has 1 aromatic carbocycles. The van der Waals surface area contributed by atoms with Gasteiger partial charge in [0.2, 0.25) is 0 Å². The molecule has 1 nitrogen and oxygen atoms in total. The number of hydrogen-bond donors (Lipinski definition) is 1. The molecule has 0 fully saturated rings. The minimum Gasteiger partial charge on any atom is -0.398 e. The van der Waals surface area contributed by atoms with Gasteiger partial charge in [-0.05, 0) is 42.7 Å². The predicted molar refractivity (Wildman–Crippen MR) is 77.8 cm³/mol. The Labute approximate surface area is 111 Å². The Morgan fingerprint density at radius 1 is 1.24 bits per heavy atom.